The molecule has 1 amide bonds. The molecule has 2 N–H and O–H groups in total. The molecule has 1 saturated carbocycles. The fourth-order valence-electron chi connectivity index (χ4n) is 2.14. The van der Waals surface area contributed by atoms with Gasteiger partial charge in [-0.05, 0) is 31.0 Å². The van der Waals surface area contributed by atoms with Crippen LogP contribution < -0.4 is 10.1 Å². The van der Waals surface area contributed by atoms with E-state index in [0.717, 1.165) is 10.2 Å². The van der Waals surface area contributed by atoms with Gasteiger partial charge in [0.1, 0.15) is 12.4 Å². The molecule has 1 aliphatic carbocycles. The number of rotatable bonds is 6. The van der Waals surface area contributed by atoms with E-state index in [2.05, 4.69) is 21.2 Å². The molecule has 6 heteroatoms. The van der Waals surface area contributed by atoms with Crippen molar-refractivity contribution in [2.45, 2.75) is 12.8 Å². The van der Waals surface area contributed by atoms with Crippen molar-refractivity contribution in [2.24, 2.45) is 11.8 Å². The zero-order valence-corrected chi connectivity index (χ0v) is 12.4. The first-order chi connectivity index (χ1) is 9.58. The number of ether oxygens (including phenoxy) is 1. The highest BCUT2D eigenvalue weighted by Crippen LogP contribution is 2.34. The Bertz CT molecular complexity index is 506. The van der Waals surface area contributed by atoms with Crippen molar-refractivity contribution in [3.05, 3.63) is 28.7 Å². The average Bonchev–Trinajstić information content (AvgIpc) is 2.32. The van der Waals surface area contributed by atoms with Gasteiger partial charge < -0.3 is 15.2 Å². The zero-order chi connectivity index (χ0) is 14.5. The van der Waals surface area contributed by atoms with Gasteiger partial charge in [-0.3, -0.25) is 9.59 Å². The molecule has 2 atom stereocenters. The molecule has 0 heterocycles. The third kappa shape index (κ3) is 3.72. The molecule has 1 aromatic carbocycles. The Balaban J connectivity index is 1.68. The second kappa shape index (κ2) is 6.74. The summed E-state index contributed by atoms with van der Waals surface area (Å²) in [5.41, 5.74) is 0. The summed E-state index contributed by atoms with van der Waals surface area (Å²) < 4.78 is 6.41. The molecule has 0 saturated heterocycles. The van der Waals surface area contributed by atoms with Crippen molar-refractivity contribution >= 4 is 27.8 Å². The van der Waals surface area contributed by atoms with Gasteiger partial charge in [0.15, 0.2) is 0 Å². The number of nitrogens with one attached hydrogen (secondary N) is 1. The maximum absolute atomic E-state index is 11.8. The van der Waals surface area contributed by atoms with Crippen LogP contribution in [0.4, 0.5) is 0 Å². The predicted octanol–water partition coefficient (Wildman–Crippen LogP) is 2.05. The van der Waals surface area contributed by atoms with Crippen molar-refractivity contribution in [3.8, 4) is 5.75 Å². The quantitative estimate of drug-likeness (QED) is 0.776. The Morgan fingerprint density at radius 2 is 2.10 bits per heavy atom. The summed E-state index contributed by atoms with van der Waals surface area (Å²) in [4.78, 5) is 22.6. The van der Waals surface area contributed by atoms with Crippen molar-refractivity contribution in [2.75, 3.05) is 13.2 Å². The van der Waals surface area contributed by atoms with Crippen LogP contribution in [0.15, 0.2) is 28.7 Å². The number of hydrogen-bond acceptors (Lipinski definition) is 3. The predicted molar refractivity (Wildman–Crippen MR) is 76.5 cm³/mol. The van der Waals surface area contributed by atoms with Gasteiger partial charge in [0.05, 0.1) is 18.4 Å². The molecule has 1 aromatic rings. The van der Waals surface area contributed by atoms with Crippen molar-refractivity contribution in [3.63, 3.8) is 0 Å². The highest BCUT2D eigenvalue weighted by Gasteiger charge is 2.41. The second-order valence-corrected chi connectivity index (χ2v) is 5.64. The summed E-state index contributed by atoms with van der Waals surface area (Å²) in [5, 5.41) is 11.6. The summed E-state index contributed by atoms with van der Waals surface area (Å²) >= 11 is 3.35. The molecule has 20 heavy (non-hydrogen) atoms. The number of aliphatic carboxylic acids is 1. The highest BCUT2D eigenvalue weighted by atomic mass is 79.9. The smallest absolute Gasteiger partial charge is 0.307 e. The first-order valence-corrected chi connectivity index (χ1v) is 7.26. The molecule has 2 unspecified atom stereocenters. The van der Waals surface area contributed by atoms with Gasteiger partial charge in [-0.25, -0.2) is 0 Å². The third-order valence-corrected chi connectivity index (χ3v) is 3.89. The fraction of sp³-hybridized carbons (Fsp3) is 0.429. The molecule has 0 bridgehead atoms. The van der Waals surface area contributed by atoms with E-state index < -0.39 is 17.8 Å². The van der Waals surface area contributed by atoms with E-state index in [1.54, 1.807) is 0 Å². The Morgan fingerprint density at radius 1 is 1.35 bits per heavy atom. The van der Waals surface area contributed by atoms with Gasteiger partial charge in [0.25, 0.3) is 0 Å². The van der Waals surface area contributed by atoms with Crippen LogP contribution in [-0.4, -0.2) is 30.1 Å². The Labute approximate surface area is 125 Å². The van der Waals surface area contributed by atoms with E-state index >= 15 is 0 Å². The number of amides is 1. The molecule has 1 fully saturated rings. The lowest BCUT2D eigenvalue weighted by molar-refractivity contribution is -0.152. The van der Waals surface area contributed by atoms with Crippen LogP contribution in [0, 0.1) is 11.8 Å². The lowest BCUT2D eigenvalue weighted by atomic mass is 9.73. The van der Waals surface area contributed by atoms with Gasteiger partial charge in [0.2, 0.25) is 5.91 Å². The molecule has 1 aliphatic rings. The first kappa shape index (κ1) is 14.8. The van der Waals surface area contributed by atoms with Gasteiger partial charge in [0, 0.05) is 4.47 Å². The SMILES string of the molecule is O=C(O)C1CCC1C(=O)NCCOc1cccc(Br)c1. The summed E-state index contributed by atoms with van der Waals surface area (Å²) in [5.74, 6) is -1.27. The van der Waals surface area contributed by atoms with E-state index in [4.69, 9.17) is 9.84 Å². The molecular weight excluding hydrogens is 326 g/mol. The molecule has 5 nitrogen and oxygen atoms in total. The molecule has 0 radical (unpaired) electrons. The van der Waals surface area contributed by atoms with Crippen LogP contribution in [-0.2, 0) is 9.59 Å². The summed E-state index contributed by atoms with van der Waals surface area (Å²) in [6, 6.07) is 7.44. The van der Waals surface area contributed by atoms with Crippen LogP contribution in [0.5, 0.6) is 5.75 Å². The number of hydrogen-bond donors (Lipinski definition) is 2. The monoisotopic (exact) mass is 341 g/mol. The van der Waals surface area contributed by atoms with E-state index in [0.29, 0.717) is 26.0 Å². The lowest BCUT2D eigenvalue weighted by Crippen LogP contribution is -2.44. The molecule has 108 valence electrons. The number of carbonyl (C=O) groups excluding carboxylic acids is 1. The van der Waals surface area contributed by atoms with Crippen LogP contribution in [0.25, 0.3) is 0 Å². The molecule has 2 rings (SSSR count). The summed E-state index contributed by atoms with van der Waals surface area (Å²) in [6.07, 6.45) is 1.23. The summed E-state index contributed by atoms with van der Waals surface area (Å²) in [6.45, 7) is 0.723. The topological polar surface area (TPSA) is 75.6 Å². The minimum atomic E-state index is -0.887. The fourth-order valence-corrected chi connectivity index (χ4v) is 2.52. The highest BCUT2D eigenvalue weighted by molar-refractivity contribution is 9.10. The number of carboxylic acid groups (broad SMARTS) is 1. The van der Waals surface area contributed by atoms with Crippen molar-refractivity contribution < 1.29 is 19.4 Å². The lowest BCUT2D eigenvalue weighted by Gasteiger charge is -2.31. The van der Waals surface area contributed by atoms with E-state index in [9.17, 15) is 9.59 Å². The molecule has 0 aromatic heterocycles. The third-order valence-electron chi connectivity index (χ3n) is 3.39. The number of carboxylic acids is 1. The van der Waals surface area contributed by atoms with E-state index in [1.165, 1.54) is 0 Å². The van der Waals surface area contributed by atoms with Crippen LogP contribution in [0.3, 0.4) is 0 Å². The van der Waals surface area contributed by atoms with E-state index in [-0.39, 0.29) is 5.91 Å². The van der Waals surface area contributed by atoms with Crippen molar-refractivity contribution in [1.29, 1.82) is 0 Å². The van der Waals surface area contributed by atoms with Crippen LogP contribution >= 0.6 is 15.9 Å². The van der Waals surface area contributed by atoms with Gasteiger partial charge in [-0.15, -0.1) is 0 Å². The Hall–Kier alpha value is -1.56. The number of carbonyl (C=O) groups is 2. The summed E-state index contributed by atoms with van der Waals surface area (Å²) in [7, 11) is 0. The van der Waals surface area contributed by atoms with Gasteiger partial charge in [-0.2, -0.15) is 0 Å². The molecule has 0 spiro atoms. The second-order valence-electron chi connectivity index (χ2n) is 4.73. The van der Waals surface area contributed by atoms with Crippen LogP contribution in [0.2, 0.25) is 0 Å². The maximum Gasteiger partial charge on any atom is 0.307 e. The minimum absolute atomic E-state index is 0.193. The number of halogens is 1. The van der Waals surface area contributed by atoms with Crippen molar-refractivity contribution in [1.82, 2.24) is 5.32 Å². The van der Waals surface area contributed by atoms with E-state index in [1.807, 2.05) is 24.3 Å². The average molecular weight is 342 g/mol. The van der Waals surface area contributed by atoms with Gasteiger partial charge in [-0.1, -0.05) is 22.0 Å². The van der Waals surface area contributed by atoms with Crippen LogP contribution in [0.1, 0.15) is 12.8 Å². The largest absolute Gasteiger partial charge is 0.492 e. The minimum Gasteiger partial charge on any atom is -0.492 e. The molecular formula is C14H16BrNO4. The maximum atomic E-state index is 11.8. The molecule has 0 aliphatic heterocycles. The Morgan fingerprint density at radius 3 is 2.70 bits per heavy atom. The number of benzene rings is 1. The first-order valence-electron chi connectivity index (χ1n) is 6.47. The standard InChI is InChI=1S/C14H16BrNO4/c15-9-2-1-3-10(8-9)20-7-6-16-13(17)11-4-5-12(11)14(18)19/h1-3,8,11-12H,4-7H2,(H,16,17)(H,18,19). The Kier molecular flexibility index (Phi) is 5.00. The normalized spacial score (nSPS) is 20.9. The zero-order valence-electron chi connectivity index (χ0n) is 10.8. The van der Waals surface area contributed by atoms with Gasteiger partial charge >= 0.3 is 5.97 Å².